The molecule has 0 rings (SSSR count). The topological polar surface area (TPSA) is 105 Å². The second-order valence-electron chi connectivity index (χ2n) is 17.1. The Kier molecular flexibility index (Phi) is 39.3. The van der Waals surface area contributed by atoms with Crippen molar-refractivity contribution < 1.29 is 32.9 Å². The number of allylic oxidation sites excluding steroid dienone is 9. The summed E-state index contributed by atoms with van der Waals surface area (Å²) in [5.74, 6) is -0.199. The van der Waals surface area contributed by atoms with E-state index in [9.17, 15) is 19.4 Å². The number of phosphoric ester groups is 1. The molecule has 0 aliphatic carbocycles. The summed E-state index contributed by atoms with van der Waals surface area (Å²) in [7, 11) is 1.53. The third kappa shape index (κ3) is 42.3. The molecule has 0 aromatic carbocycles. The zero-order valence-corrected chi connectivity index (χ0v) is 39.2. The van der Waals surface area contributed by atoms with Crippen LogP contribution in [-0.2, 0) is 18.4 Å². The van der Waals surface area contributed by atoms with Crippen LogP contribution in [-0.4, -0.2) is 73.4 Å². The number of hydrogen-bond acceptors (Lipinski definition) is 5. The lowest BCUT2D eigenvalue weighted by Gasteiger charge is -2.25. The lowest BCUT2D eigenvalue weighted by atomic mass is 10.1. The predicted molar refractivity (Wildman–Crippen MR) is 249 cm³/mol. The third-order valence-electron chi connectivity index (χ3n) is 10.2. The van der Waals surface area contributed by atoms with Gasteiger partial charge in [-0.3, -0.25) is 13.8 Å². The molecular formula is C49H92N2O6P+. The number of nitrogens with zero attached hydrogens (tertiary/aromatic N) is 1. The second-order valence-corrected chi connectivity index (χ2v) is 18.6. The molecular weight excluding hydrogens is 744 g/mol. The summed E-state index contributed by atoms with van der Waals surface area (Å²) >= 11 is 0. The van der Waals surface area contributed by atoms with E-state index in [1.54, 1.807) is 6.08 Å². The molecule has 0 aromatic heterocycles. The number of rotatable bonds is 42. The highest BCUT2D eigenvalue weighted by Gasteiger charge is 2.27. The first-order chi connectivity index (χ1) is 28.0. The second kappa shape index (κ2) is 40.6. The van der Waals surface area contributed by atoms with E-state index in [1.165, 1.54) is 116 Å². The highest BCUT2D eigenvalue weighted by Crippen LogP contribution is 2.43. The SMILES string of the molecule is CCC/C=C/CC/C=C/CC/C=C/C(O)C(COP(=O)(O)OCC[N+](C)(C)C)NC(=O)CCCCCCCCCCC/C=C\C/C=C\CCCCCCCCCCC. The molecule has 1 amide bonds. The summed E-state index contributed by atoms with van der Waals surface area (Å²) in [6.07, 6.45) is 53.1. The molecule has 3 atom stereocenters. The van der Waals surface area contributed by atoms with Crippen LogP contribution in [0.2, 0.25) is 0 Å². The van der Waals surface area contributed by atoms with Crippen molar-refractivity contribution in [2.24, 2.45) is 0 Å². The van der Waals surface area contributed by atoms with E-state index in [-0.39, 0.29) is 19.1 Å². The van der Waals surface area contributed by atoms with Gasteiger partial charge in [-0.15, -0.1) is 0 Å². The van der Waals surface area contributed by atoms with Gasteiger partial charge in [-0.05, 0) is 70.6 Å². The van der Waals surface area contributed by atoms with Crippen molar-refractivity contribution >= 4 is 13.7 Å². The maximum absolute atomic E-state index is 12.9. The van der Waals surface area contributed by atoms with Gasteiger partial charge < -0.3 is 19.8 Å². The minimum Gasteiger partial charge on any atom is -0.387 e. The van der Waals surface area contributed by atoms with Gasteiger partial charge in [-0.2, -0.15) is 0 Å². The van der Waals surface area contributed by atoms with Crippen molar-refractivity contribution in [3.8, 4) is 0 Å². The molecule has 8 nitrogen and oxygen atoms in total. The number of unbranched alkanes of at least 4 members (excludes halogenated alkanes) is 21. The number of amides is 1. The molecule has 0 aliphatic heterocycles. The first kappa shape index (κ1) is 56.2. The third-order valence-corrected chi connectivity index (χ3v) is 11.2. The van der Waals surface area contributed by atoms with Crippen molar-refractivity contribution in [3.63, 3.8) is 0 Å². The van der Waals surface area contributed by atoms with Gasteiger partial charge in [-0.25, -0.2) is 4.57 Å². The first-order valence-corrected chi connectivity index (χ1v) is 25.2. The van der Waals surface area contributed by atoms with Crippen LogP contribution in [0.25, 0.3) is 0 Å². The van der Waals surface area contributed by atoms with Gasteiger partial charge in [0.15, 0.2) is 0 Å². The molecule has 0 aliphatic rings. The van der Waals surface area contributed by atoms with E-state index in [1.807, 2.05) is 27.2 Å². The minimum atomic E-state index is -4.35. The average molecular weight is 836 g/mol. The van der Waals surface area contributed by atoms with E-state index >= 15 is 0 Å². The van der Waals surface area contributed by atoms with E-state index in [2.05, 4.69) is 67.8 Å². The van der Waals surface area contributed by atoms with Gasteiger partial charge >= 0.3 is 7.82 Å². The number of hydrogen-bond donors (Lipinski definition) is 3. The molecule has 338 valence electrons. The van der Waals surface area contributed by atoms with Crippen molar-refractivity contribution in [1.29, 1.82) is 0 Å². The maximum Gasteiger partial charge on any atom is 0.472 e. The number of quaternary nitrogens is 1. The number of likely N-dealkylation sites (N-methyl/N-ethyl adjacent to an activating group) is 1. The van der Waals surface area contributed by atoms with Crippen LogP contribution in [0.1, 0.15) is 194 Å². The summed E-state index contributed by atoms with van der Waals surface area (Å²) in [5, 5.41) is 13.8. The summed E-state index contributed by atoms with van der Waals surface area (Å²) in [6, 6.07) is -0.872. The predicted octanol–water partition coefficient (Wildman–Crippen LogP) is 13.4. The molecule has 9 heteroatoms. The number of carbonyl (C=O) groups is 1. The van der Waals surface area contributed by atoms with E-state index < -0.39 is 20.0 Å². The Morgan fingerprint density at radius 2 is 1.03 bits per heavy atom. The molecule has 0 aromatic rings. The summed E-state index contributed by atoms with van der Waals surface area (Å²) in [4.78, 5) is 23.1. The summed E-state index contributed by atoms with van der Waals surface area (Å²) < 4.78 is 23.5. The molecule has 0 bridgehead atoms. The van der Waals surface area contributed by atoms with Gasteiger partial charge in [0.2, 0.25) is 5.91 Å². The molecule has 0 saturated heterocycles. The largest absolute Gasteiger partial charge is 0.472 e. The molecule has 0 heterocycles. The van der Waals surface area contributed by atoms with E-state index in [4.69, 9.17) is 9.05 Å². The monoisotopic (exact) mass is 836 g/mol. The number of nitrogens with one attached hydrogen (secondary N) is 1. The summed E-state index contributed by atoms with van der Waals surface area (Å²) in [6.45, 7) is 4.69. The van der Waals surface area contributed by atoms with E-state index in [0.717, 1.165) is 57.8 Å². The Morgan fingerprint density at radius 3 is 1.53 bits per heavy atom. The van der Waals surface area contributed by atoms with Crippen LogP contribution >= 0.6 is 7.82 Å². The molecule has 0 spiro atoms. The van der Waals surface area contributed by atoms with Gasteiger partial charge in [0.05, 0.1) is 39.9 Å². The highest BCUT2D eigenvalue weighted by molar-refractivity contribution is 7.47. The quantitative estimate of drug-likeness (QED) is 0.0245. The van der Waals surface area contributed by atoms with Gasteiger partial charge in [0.25, 0.3) is 0 Å². The van der Waals surface area contributed by atoms with Crippen LogP contribution in [0.3, 0.4) is 0 Å². The Morgan fingerprint density at radius 1 is 0.586 bits per heavy atom. The van der Waals surface area contributed by atoms with Crippen molar-refractivity contribution in [2.75, 3.05) is 40.9 Å². The molecule has 0 radical (unpaired) electrons. The van der Waals surface area contributed by atoms with Crippen LogP contribution in [0, 0.1) is 0 Å². The van der Waals surface area contributed by atoms with Crippen LogP contribution < -0.4 is 5.32 Å². The molecule has 3 unspecified atom stereocenters. The Labute approximate surface area is 358 Å². The lowest BCUT2D eigenvalue weighted by molar-refractivity contribution is -0.870. The maximum atomic E-state index is 12.9. The molecule has 0 saturated carbocycles. The summed E-state index contributed by atoms with van der Waals surface area (Å²) in [5.41, 5.74) is 0. The molecule has 3 N–H and O–H groups in total. The average Bonchev–Trinajstić information content (AvgIpc) is 3.17. The fourth-order valence-corrected chi connectivity index (χ4v) is 7.14. The first-order valence-electron chi connectivity index (χ1n) is 23.7. The zero-order valence-electron chi connectivity index (χ0n) is 38.3. The van der Waals surface area contributed by atoms with Gasteiger partial charge in [-0.1, -0.05) is 177 Å². The Balaban J connectivity index is 4.26. The highest BCUT2D eigenvalue weighted by atomic mass is 31.2. The fraction of sp³-hybridized carbons (Fsp3) is 0.776. The van der Waals surface area contributed by atoms with Crippen molar-refractivity contribution in [1.82, 2.24) is 5.32 Å². The van der Waals surface area contributed by atoms with Crippen LogP contribution in [0.5, 0.6) is 0 Å². The van der Waals surface area contributed by atoms with E-state index in [0.29, 0.717) is 17.4 Å². The van der Waals surface area contributed by atoms with Crippen LogP contribution in [0.15, 0.2) is 60.8 Å². The van der Waals surface area contributed by atoms with Crippen molar-refractivity contribution in [3.05, 3.63) is 60.8 Å². The number of phosphoric acid groups is 1. The zero-order chi connectivity index (χ0) is 42.8. The number of aliphatic hydroxyl groups excluding tert-OH is 1. The fourth-order valence-electron chi connectivity index (χ4n) is 6.40. The molecule has 58 heavy (non-hydrogen) atoms. The Hall–Kier alpha value is -1.80. The molecule has 0 fully saturated rings. The Bertz CT molecular complexity index is 1130. The van der Waals surface area contributed by atoms with Gasteiger partial charge in [0, 0.05) is 6.42 Å². The minimum absolute atomic E-state index is 0.0503. The lowest BCUT2D eigenvalue weighted by Crippen LogP contribution is -2.45. The normalized spacial score (nSPS) is 14.8. The smallest absolute Gasteiger partial charge is 0.387 e. The number of carbonyl (C=O) groups excluding carboxylic acids is 1. The standard InChI is InChI=1S/C49H91N2O6P/c1-6-8-10-12-14-16-18-19-20-21-22-23-24-25-26-27-28-29-30-31-33-35-37-39-41-43-49(53)50-47(46-57-58(54,55)56-45-44-51(3,4)5)48(52)42-40-38-36-34-32-17-15-13-11-9-7-2/h11,13,22-23,25-26,32,34,40,42,47-48,52H,6-10,12,14-21,24,27-31,33,35-39,41,43-46H2,1-5H3,(H-,50,53,54,55)/p+1/b13-11+,23-22-,26-25-,34-32+,42-40+. The number of aliphatic hydroxyl groups is 1. The van der Waals surface area contributed by atoms with Crippen molar-refractivity contribution in [2.45, 2.75) is 206 Å². The van der Waals surface area contributed by atoms with Gasteiger partial charge in [0.1, 0.15) is 13.2 Å². The van der Waals surface area contributed by atoms with Crippen LogP contribution in [0.4, 0.5) is 0 Å².